The van der Waals surface area contributed by atoms with Gasteiger partial charge in [0.2, 0.25) is 0 Å². The average Bonchev–Trinajstić information content (AvgIpc) is 1.95. The molecule has 0 atom stereocenters. The van der Waals surface area contributed by atoms with Crippen LogP contribution in [-0.4, -0.2) is 0 Å². The predicted molar refractivity (Wildman–Crippen MR) is 40.8 cm³/mol. The highest BCUT2D eigenvalue weighted by Gasteiger charge is 2.02. The SMILES string of the molecule is CCc1cccc(Cl)c1F. The van der Waals surface area contributed by atoms with E-state index in [1.165, 1.54) is 0 Å². The maximum absolute atomic E-state index is 12.9. The van der Waals surface area contributed by atoms with Gasteiger partial charge in [0.05, 0.1) is 5.02 Å². The van der Waals surface area contributed by atoms with Gasteiger partial charge in [-0.05, 0) is 18.1 Å². The van der Waals surface area contributed by atoms with Crippen LogP contribution in [-0.2, 0) is 6.42 Å². The van der Waals surface area contributed by atoms with Gasteiger partial charge in [-0.15, -0.1) is 0 Å². The lowest BCUT2D eigenvalue weighted by atomic mass is 10.2. The highest BCUT2D eigenvalue weighted by molar-refractivity contribution is 6.30. The van der Waals surface area contributed by atoms with Crippen molar-refractivity contribution in [2.24, 2.45) is 0 Å². The molecule has 0 aliphatic carbocycles. The molecule has 0 bridgehead atoms. The van der Waals surface area contributed by atoms with Crippen molar-refractivity contribution in [1.29, 1.82) is 0 Å². The fraction of sp³-hybridized carbons (Fsp3) is 0.250. The Kier molecular flexibility index (Phi) is 2.28. The molecule has 0 saturated carbocycles. The summed E-state index contributed by atoms with van der Waals surface area (Å²) in [5.74, 6) is -0.285. The summed E-state index contributed by atoms with van der Waals surface area (Å²) >= 11 is 5.52. The zero-order valence-electron chi connectivity index (χ0n) is 5.70. The summed E-state index contributed by atoms with van der Waals surface area (Å²) in [6.45, 7) is 1.90. The maximum Gasteiger partial charge on any atom is 0.144 e. The topological polar surface area (TPSA) is 0 Å². The first-order chi connectivity index (χ1) is 4.75. The highest BCUT2D eigenvalue weighted by Crippen LogP contribution is 2.17. The molecule has 10 heavy (non-hydrogen) atoms. The van der Waals surface area contributed by atoms with E-state index >= 15 is 0 Å². The van der Waals surface area contributed by atoms with E-state index in [-0.39, 0.29) is 10.8 Å². The minimum absolute atomic E-state index is 0.208. The zero-order valence-corrected chi connectivity index (χ0v) is 6.45. The second-order valence-corrected chi connectivity index (χ2v) is 2.47. The van der Waals surface area contributed by atoms with Crippen LogP contribution in [0.1, 0.15) is 12.5 Å². The summed E-state index contributed by atoms with van der Waals surface area (Å²) in [5, 5.41) is 0.208. The van der Waals surface area contributed by atoms with Crippen LogP contribution in [0.2, 0.25) is 5.02 Å². The van der Waals surface area contributed by atoms with Gasteiger partial charge in [0.15, 0.2) is 0 Å². The lowest BCUT2D eigenvalue weighted by molar-refractivity contribution is 0.612. The third kappa shape index (κ3) is 1.29. The molecule has 0 radical (unpaired) electrons. The molecular formula is C8H8ClF. The van der Waals surface area contributed by atoms with Gasteiger partial charge in [-0.25, -0.2) is 4.39 Å². The second-order valence-electron chi connectivity index (χ2n) is 2.07. The zero-order chi connectivity index (χ0) is 7.56. The average molecular weight is 159 g/mol. The van der Waals surface area contributed by atoms with E-state index < -0.39 is 0 Å². The van der Waals surface area contributed by atoms with Gasteiger partial charge in [0.1, 0.15) is 5.82 Å². The van der Waals surface area contributed by atoms with E-state index in [1.54, 1.807) is 18.2 Å². The summed E-state index contributed by atoms with van der Waals surface area (Å²) in [5.41, 5.74) is 0.674. The molecule has 0 nitrogen and oxygen atoms in total. The first kappa shape index (κ1) is 7.55. The minimum atomic E-state index is -0.285. The largest absolute Gasteiger partial charge is 0.205 e. The van der Waals surface area contributed by atoms with Crippen LogP contribution >= 0.6 is 11.6 Å². The summed E-state index contributed by atoms with van der Waals surface area (Å²) in [6.07, 6.45) is 0.687. The quantitative estimate of drug-likeness (QED) is 0.590. The van der Waals surface area contributed by atoms with Gasteiger partial charge in [-0.1, -0.05) is 30.7 Å². The predicted octanol–water partition coefficient (Wildman–Crippen LogP) is 3.04. The molecule has 0 fully saturated rings. The lowest BCUT2D eigenvalue weighted by Gasteiger charge is -1.98. The third-order valence-electron chi connectivity index (χ3n) is 1.41. The summed E-state index contributed by atoms with van der Waals surface area (Å²) in [4.78, 5) is 0. The van der Waals surface area contributed by atoms with E-state index in [0.29, 0.717) is 12.0 Å². The Balaban J connectivity index is 3.14. The Morgan fingerprint density at radius 2 is 2.20 bits per heavy atom. The molecule has 0 aliphatic heterocycles. The Morgan fingerprint density at radius 3 is 2.70 bits per heavy atom. The molecule has 0 heterocycles. The van der Waals surface area contributed by atoms with Gasteiger partial charge < -0.3 is 0 Å². The fourth-order valence-electron chi connectivity index (χ4n) is 0.822. The number of hydrogen-bond donors (Lipinski definition) is 0. The van der Waals surface area contributed by atoms with Crippen LogP contribution in [0.5, 0.6) is 0 Å². The molecular weight excluding hydrogens is 151 g/mol. The third-order valence-corrected chi connectivity index (χ3v) is 1.70. The summed E-state index contributed by atoms with van der Waals surface area (Å²) in [6, 6.07) is 5.04. The Morgan fingerprint density at radius 1 is 1.50 bits per heavy atom. The Bertz CT molecular complexity index is 233. The van der Waals surface area contributed by atoms with Crippen molar-refractivity contribution in [2.75, 3.05) is 0 Å². The van der Waals surface area contributed by atoms with Gasteiger partial charge in [-0.3, -0.25) is 0 Å². The van der Waals surface area contributed by atoms with Crippen molar-refractivity contribution in [1.82, 2.24) is 0 Å². The molecule has 0 spiro atoms. The van der Waals surface area contributed by atoms with Crippen LogP contribution < -0.4 is 0 Å². The molecule has 1 aromatic carbocycles. The van der Waals surface area contributed by atoms with Gasteiger partial charge in [0, 0.05) is 0 Å². The van der Waals surface area contributed by atoms with Gasteiger partial charge in [0.25, 0.3) is 0 Å². The smallest absolute Gasteiger partial charge is 0.144 e. The van der Waals surface area contributed by atoms with Crippen molar-refractivity contribution in [2.45, 2.75) is 13.3 Å². The van der Waals surface area contributed by atoms with Crippen molar-refractivity contribution in [3.8, 4) is 0 Å². The number of halogens is 2. The van der Waals surface area contributed by atoms with Crippen molar-refractivity contribution >= 4 is 11.6 Å². The van der Waals surface area contributed by atoms with Crippen LogP contribution in [0, 0.1) is 5.82 Å². The summed E-state index contributed by atoms with van der Waals surface area (Å²) < 4.78 is 12.9. The van der Waals surface area contributed by atoms with Gasteiger partial charge in [-0.2, -0.15) is 0 Å². The molecule has 0 saturated heterocycles. The standard InChI is InChI=1S/C8H8ClF/c1-2-6-4-3-5-7(9)8(6)10/h3-5H,2H2,1H3. The molecule has 2 heteroatoms. The van der Waals surface area contributed by atoms with E-state index in [0.717, 1.165) is 0 Å². The highest BCUT2D eigenvalue weighted by atomic mass is 35.5. The maximum atomic E-state index is 12.9. The van der Waals surface area contributed by atoms with Crippen LogP contribution in [0.25, 0.3) is 0 Å². The van der Waals surface area contributed by atoms with E-state index in [9.17, 15) is 4.39 Å². The van der Waals surface area contributed by atoms with Crippen LogP contribution in [0.4, 0.5) is 4.39 Å². The van der Waals surface area contributed by atoms with Crippen LogP contribution in [0.15, 0.2) is 18.2 Å². The molecule has 54 valence electrons. The van der Waals surface area contributed by atoms with Crippen molar-refractivity contribution in [3.63, 3.8) is 0 Å². The normalized spacial score (nSPS) is 9.90. The first-order valence-electron chi connectivity index (χ1n) is 3.18. The van der Waals surface area contributed by atoms with E-state index in [4.69, 9.17) is 11.6 Å². The first-order valence-corrected chi connectivity index (χ1v) is 3.56. The molecule has 0 aliphatic rings. The van der Waals surface area contributed by atoms with Gasteiger partial charge >= 0.3 is 0 Å². The van der Waals surface area contributed by atoms with E-state index in [1.807, 2.05) is 6.92 Å². The van der Waals surface area contributed by atoms with Crippen molar-refractivity contribution in [3.05, 3.63) is 34.6 Å². The number of benzene rings is 1. The monoisotopic (exact) mass is 158 g/mol. The molecule has 0 aromatic heterocycles. The Labute approximate surface area is 64.6 Å². The van der Waals surface area contributed by atoms with Crippen molar-refractivity contribution < 1.29 is 4.39 Å². The number of hydrogen-bond acceptors (Lipinski definition) is 0. The van der Waals surface area contributed by atoms with E-state index in [2.05, 4.69) is 0 Å². The Hall–Kier alpha value is -0.560. The minimum Gasteiger partial charge on any atom is -0.205 e. The number of rotatable bonds is 1. The molecule has 1 aromatic rings. The van der Waals surface area contributed by atoms with Crippen LogP contribution in [0.3, 0.4) is 0 Å². The molecule has 1 rings (SSSR count). The molecule has 0 unspecified atom stereocenters. The molecule has 0 amide bonds. The number of aryl methyl sites for hydroxylation is 1. The summed E-state index contributed by atoms with van der Waals surface area (Å²) in [7, 11) is 0. The lowest BCUT2D eigenvalue weighted by Crippen LogP contribution is -1.86. The second kappa shape index (κ2) is 3.02. The fourth-order valence-corrected chi connectivity index (χ4v) is 1.02. The molecule has 0 N–H and O–H groups in total.